The standard InChI is InChI=1S/C31H32BN5/c1-8-13-19-32-36-20(6)22(10-3)26(16-9-2)30(36)34-28-23(11-4)24(12-5)29(33-28)35-31-27-18-15-14-17-25(27)21(7)37(31)32/h9-12,14-18H,3-6,8,13,19H2,1-2,7H3/b16-9-,34-30?,35-29-. The number of aliphatic imine (C=N–C) groups is 2. The minimum Gasteiger partial charge on any atom is -0.353 e. The van der Waals surface area contributed by atoms with Gasteiger partial charge in [0, 0.05) is 44.1 Å². The molecule has 184 valence electrons. The Kier molecular flexibility index (Phi) is 6.42. The molecule has 1 aromatic carbocycles. The van der Waals surface area contributed by atoms with Crippen molar-refractivity contribution in [1.29, 1.82) is 0 Å². The number of hydrogen-bond donors (Lipinski definition) is 0. The number of rotatable bonds is 7. The van der Waals surface area contributed by atoms with Gasteiger partial charge in [0.1, 0.15) is 11.3 Å². The van der Waals surface area contributed by atoms with Crippen LogP contribution in [0.2, 0.25) is 6.32 Å². The van der Waals surface area contributed by atoms with E-state index in [1.807, 2.05) is 19.1 Å². The molecular formula is C31H32BN5. The van der Waals surface area contributed by atoms with Crippen molar-refractivity contribution in [2.45, 2.75) is 39.9 Å². The number of hydrogen-bond acceptors (Lipinski definition) is 3. The smallest absolute Gasteiger partial charge is 0.353 e. The third-order valence-corrected chi connectivity index (χ3v) is 7.27. The van der Waals surface area contributed by atoms with E-state index in [1.165, 1.54) is 5.39 Å². The summed E-state index contributed by atoms with van der Waals surface area (Å²) in [6, 6.07) is 8.44. The maximum atomic E-state index is 5.19. The zero-order valence-electron chi connectivity index (χ0n) is 22.0. The SMILES string of the molecule is C=CC1=C(C=C)/C2=N/c3c4ccccc4c(C)n3B(CCCC)n3c(=C)c(C=C)c(/C=C\C)c3=NC1=N2. The van der Waals surface area contributed by atoms with E-state index in [4.69, 9.17) is 15.0 Å². The van der Waals surface area contributed by atoms with Crippen molar-refractivity contribution in [2.75, 3.05) is 0 Å². The van der Waals surface area contributed by atoms with Gasteiger partial charge in [-0.3, -0.25) is 0 Å². The average Bonchev–Trinajstić information content (AvgIpc) is 3.48. The van der Waals surface area contributed by atoms with Gasteiger partial charge in [-0.15, -0.1) is 0 Å². The summed E-state index contributed by atoms with van der Waals surface area (Å²) < 4.78 is 4.60. The number of fused-ring (bicyclic) bond motifs is 5. The summed E-state index contributed by atoms with van der Waals surface area (Å²) >= 11 is 0. The second kappa shape index (κ2) is 9.70. The van der Waals surface area contributed by atoms with Crippen LogP contribution in [0.4, 0.5) is 5.82 Å². The Bertz CT molecular complexity index is 1700. The van der Waals surface area contributed by atoms with Gasteiger partial charge in [-0.2, -0.15) is 0 Å². The first-order valence-electron chi connectivity index (χ1n) is 12.8. The van der Waals surface area contributed by atoms with Crippen molar-refractivity contribution in [3.8, 4) is 0 Å². The molecule has 2 aromatic heterocycles. The molecule has 2 aliphatic heterocycles. The van der Waals surface area contributed by atoms with Gasteiger partial charge in [-0.1, -0.05) is 101 Å². The lowest BCUT2D eigenvalue weighted by Gasteiger charge is -2.21. The van der Waals surface area contributed by atoms with Crippen molar-refractivity contribution >= 4 is 54.0 Å². The Balaban J connectivity index is 2.05. The van der Waals surface area contributed by atoms with Crippen LogP contribution in [-0.2, 0) is 0 Å². The largest absolute Gasteiger partial charge is 0.386 e. The Labute approximate surface area is 218 Å². The molecule has 2 bridgehead atoms. The molecule has 0 N–H and O–H groups in total. The lowest BCUT2D eigenvalue weighted by atomic mass is 9.69. The van der Waals surface area contributed by atoms with Gasteiger partial charge in [0.15, 0.2) is 11.7 Å². The lowest BCUT2D eigenvalue weighted by Crippen LogP contribution is -2.46. The van der Waals surface area contributed by atoms with Crippen LogP contribution in [-0.4, -0.2) is 27.6 Å². The lowest BCUT2D eigenvalue weighted by molar-refractivity contribution is 0.834. The summed E-state index contributed by atoms with van der Waals surface area (Å²) in [6.07, 6.45) is 12.6. The molecule has 0 amide bonds. The summed E-state index contributed by atoms with van der Waals surface area (Å²) in [6.45, 7) is 23.1. The molecule has 5 nitrogen and oxygen atoms in total. The van der Waals surface area contributed by atoms with Gasteiger partial charge in [0.05, 0.1) is 0 Å². The third kappa shape index (κ3) is 3.67. The molecule has 0 aliphatic carbocycles. The second-order valence-electron chi connectivity index (χ2n) is 9.34. The minimum absolute atomic E-state index is 0.0758. The number of nitrogens with zero attached hydrogens (tertiary/aromatic N) is 5. The highest BCUT2D eigenvalue weighted by atomic mass is 15.2. The van der Waals surface area contributed by atoms with Gasteiger partial charge in [0.2, 0.25) is 0 Å². The van der Waals surface area contributed by atoms with Crippen molar-refractivity contribution < 1.29 is 0 Å². The molecule has 0 unspecified atom stereocenters. The summed E-state index contributed by atoms with van der Waals surface area (Å²) in [4.78, 5) is 15.3. The first-order chi connectivity index (χ1) is 18.0. The van der Waals surface area contributed by atoms with Gasteiger partial charge in [-0.05, 0) is 20.2 Å². The number of amidine groups is 2. The Morgan fingerprint density at radius 2 is 1.57 bits per heavy atom. The first-order valence-corrected chi connectivity index (χ1v) is 12.8. The molecule has 0 fully saturated rings. The molecule has 0 saturated carbocycles. The van der Waals surface area contributed by atoms with E-state index in [1.54, 1.807) is 12.2 Å². The van der Waals surface area contributed by atoms with E-state index in [9.17, 15) is 0 Å². The monoisotopic (exact) mass is 485 g/mol. The number of aromatic nitrogens is 2. The topological polar surface area (TPSA) is 46.9 Å². The highest BCUT2D eigenvalue weighted by molar-refractivity contribution is 6.57. The highest BCUT2D eigenvalue weighted by Gasteiger charge is 2.32. The van der Waals surface area contributed by atoms with Gasteiger partial charge >= 0.3 is 6.98 Å². The predicted molar refractivity (Wildman–Crippen MR) is 160 cm³/mol. The van der Waals surface area contributed by atoms with Gasteiger partial charge < -0.3 is 8.96 Å². The van der Waals surface area contributed by atoms with Crippen molar-refractivity contribution in [3.63, 3.8) is 0 Å². The molecule has 0 atom stereocenters. The molecule has 0 saturated heterocycles. The summed E-state index contributed by atoms with van der Waals surface area (Å²) in [5, 5.41) is 3.14. The summed E-state index contributed by atoms with van der Waals surface area (Å²) in [7, 11) is 0. The quantitative estimate of drug-likeness (QED) is 0.355. The third-order valence-electron chi connectivity index (χ3n) is 7.27. The molecular weight excluding hydrogens is 453 g/mol. The van der Waals surface area contributed by atoms with Crippen LogP contribution >= 0.6 is 0 Å². The van der Waals surface area contributed by atoms with Crippen LogP contribution in [0.25, 0.3) is 29.5 Å². The van der Waals surface area contributed by atoms with E-state index in [-0.39, 0.29) is 6.98 Å². The molecule has 3 aromatic rings. The van der Waals surface area contributed by atoms with Crippen molar-refractivity contribution in [1.82, 2.24) is 8.96 Å². The van der Waals surface area contributed by atoms with E-state index >= 15 is 0 Å². The Hall–Kier alpha value is -4.19. The van der Waals surface area contributed by atoms with E-state index in [0.717, 1.165) is 69.2 Å². The van der Waals surface area contributed by atoms with Crippen LogP contribution < -0.4 is 10.8 Å². The maximum absolute atomic E-state index is 5.19. The molecule has 6 heteroatoms. The van der Waals surface area contributed by atoms with Crippen molar-refractivity contribution in [3.05, 3.63) is 101 Å². The van der Waals surface area contributed by atoms with Crippen molar-refractivity contribution in [2.24, 2.45) is 15.0 Å². The van der Waals surface area contributed by atoms with E-state index in [0.29, 0.717) is 11.7 Å². The highest BCUT2D eigenvalue weighted by Crippen LogP contribution is 2.35. The van der Waals surface area contributed by atoms with Gasteiger partial charge in [-0.25, -0.2) is 15.0 Å². The van der Waals surface area contributed by atoms with E-state index in [2.05, 4.69) is 79.5 Å². The fourth-order valence-corrected chi connectivity index (χ4v) is 5.54. The summed E-state index contributed by atoms with van der Waals surface area (Å²) in [5.41, 5.74) is 5.58. The number of unbranched alkanes of at least 4 members (excludes halogenated alkanes) is 1. The number of allylic oxidation sites excluding steroid dienone is 1. The minimum atomic E-state index is -0.0758. The average molecular weight is 485 g/mol. The summed E-state index contributed by atoms with van der Waals surface area (Å²) in [5.74, 6) is 2.07. The Morgan fingerprint density at radius 3 is 2.19 bits per heavy atom. The van der Waals surface area contributed by atoms with Crippen LogP contribution in [0, 0.1) is 6.92 Å². The molecule has 0 spiro atoms. The zero-order chi connectivity index (χ0) is 26.3. The first kappa shape index (κ1) is 24.5. The van der Waals surface area contributed by atoms with Crippen LogP contribution in [0.3, 0.4) is 0 Å². The molecule has 4 heterocycles. The normalized spacial score (nSPS) is 16.2. The predicted octanol–water partition coefficient (Wildman–Crippen LogP) is 6.27. The molecule has 37 heavy (non-hydrogen) atoms. The fourth-order valence-electron chi connectivity index (χ4n) is 5.54. The van der Waals surface area contributed by atoms with E-state index < -0.39 is 0 Å². The zero-order valence-corrected chi connectivity index (χ0v) is 22.0. The number of benzene rings is 1. The van der Waals surface area contributed by atoms with Crippen LogP contribution in [0.5, 0.6) is 0 Å². The fraction of sp³-hybridized carbons (Fsp3) is 0.194. The number of aryl methyl sites for hydroxylation is 1. The molecule has 2 aliphatic rings. The Morgan fingerprint density at radius 1 is 0.892 bits per heavy atom. The second-order valence-corrected chi connectivity index (χ2v) is 9.34. The van der Waals surface area contributed by atoms with Crippen LogP contribution in [0.15, 0.2) is 88.4 Å². The van der Waals surface area contributed by atoms with Gasteiger partial charge in [0.25, 0.3) is 0 Å². The maximum Gasteiger partial charge on any atom is 0.386 e. The molecule has 0 radical (unpaired) electrons. The van der Waals surface area contributed by atoms with Crippen LogP contribution in [0.1, 0.15) is 43.5 Å². The molecule has 5 rings (SSSR count).